The molecule has 1 aromatic heterocycles. The molecule has 1 fully saturated rings. The standard InChI is InChI=1S/C18H29F3N6O/c1-3-22-15(26-13-17(6-4-7-17)8-12-28-2)24-10-11-25-16-23-9-5-14(27-16)18(19,20)21/h5,9H,3-4,6-8,10-13H2,1-2H3,(H2,22,24,26)(H,23,25,27). The first kappa shape index (κ1) is 22.2. The molecule has 158 valence electrons. The van der Waals surface area contributed by atoms with E-state index < -0.39 is 11.9 Å². The van der Waals surface area contributed by atoms with Crippen LogP contribution < -0.4 is 16.0 Å². The number of methoxy groups -OCH3 is 1. The van der Waals surface area contributed by atoms with Gasteiger partial charge in [-0.1, -0.05) is 6.42 Å². The van der Waals surface area contributed by atoms with Crippen molar-refractivity contribution in [3.63, 3.8) is 0 Å². The summed E-state index contributed by atoms with van der Waals surface area (Å²) < 4.78 is 43.2. The van der Waals surface area contributed by atoms with Crippen molar-refractivity contribution >= 4 is 11.9 Å². The van der Waals surface area contributed by atoms with E-state index in [4.69, 9.17) is 4.74 Å². The number of hydrogen-bond donors (Lipinski definition) is 3. The molecule has 1 aliphatic carbocycles. The van der Waals surface area contributed by atoms with Gasteiger partial charge in [-0.2, -0.15) is 13.2 Å². The minimum atomic E-state index is -4.48. The number of aliphatic imine (C=N–C) groups is 1. The molecule has 0 aliphatic heterocycles. The molecule has 0 bridgehead atoms. The second kappa shape index (κ2) is 10.4. The molecule has 28 heavy (non-hydrogen) atoms. The summed E-state index contributed by atoms with van der Waals surface area (Å²) in [6, 6.07) is 0.846. The molecule has 2 rings (SSSR count). The maximum Gasteiger partial charge on any atom is 0.433 e. The molecule has 7 nitrogen and oxygen atoms in total. The third kappa shape index (κ3) is 6.81. The number of hydrogen-bond acceptors (Lipinski definition) is 5. The van der Waals surface area contributed by atoms with Gasteiger partial charge in [0.2, 0.25) is 5.95 Å². The molecule has 0 amide bonds. The zero-order valence-corrected chi connectivity index (χ0v) is 16.4. The minimum absolute atomic E-state index is 0.0495. The first-order valence-corrected chi connectivity index (χ1v) is 9.54. The van der Waals surface area contributed by atoms with E-state index in [1.165, 1.54) is 6.42 Å². The molecule has 10 heteroatoms. The Balaban J connectivity index is 1.81. The second-order valence-corrected chi connectivity index (χ2v) is 6.91. The molecule has 1 saturated carbocycles. The summed E-state index contributed by atoms with van der Waals surface area (Å²) >= 11 is 0. The maximum atomic E-state index is 12.7. The highest BCUT2D eigenvalue weighted by atomic mass is 19.4. The van der Waals surface area contributed by atoms with Crippen molar-refractivity contribution in [3.8, 4) is 0 Å². The largest absolute Gasteiger partial charge is 0.433 e. The van der Waals surface area contributed by atoms with Gasteiger partial charge in [-0.15, -0.1) is 0 Å². The lowest BCUT2D eigenvalue weighted by molar-refractivity contribution is -0.141. The number of anilines is 1. The van der Waals surface area contributed by atoms with E-state index in [0.717, 1.165) is 51.2 Å². The Bertz CT molecular complexity index is 634. The van der Waals surface area contributed by atoms with Crippen molar-refractivity contribution < 1.29 is 17.9 Å². The summed E-state index contributed by atoms with van der Waals surface area (Å²) in [5, 5.41) is 9.16. The topological polar surface area (TPSA) is 83.5 Å². The van der Waals surface area contributed by atoms with Gasteiger partial charge in [0.05, 0.1) is 0 Å². The van der Waals surface area contributed by atoms with Crippen LogP contribution in [0.3, 0.4) is 0 Å². The number of nitrogens with one attached hydrogen (secondary N) is 3. The highest BCUT2D eigenvalue weighted by Gasteiger charge is 2.36. The van der Waals surface area contributed by atoms with Crippen LogP contribution in [0.25, 0.3) is 0 Å². The number of aromatic nitrogens is 2. The minimum Gasteiger partial charge on any atom is -0.385 e. The van der Waals surface area contributed by atoms with Crippen LogP contribution in [0.4, 0.5) is 19.1 Å². The van der Waals surface area contributed by atoms with Crippen molar-refractivity contribution in [1.82, 2.24) is 20.6 Å². The van der Waals surface area contributed by atoms with Crippen LogP contribution in [-0.4, -0.2) is 55.8 Å². The smallest absolute Gasteiger partial charge is 0.385 e. The second-order valence-electron chi connectivity index (χ2n) is 6.91. The van der Waals surface area contributed by atoms with Crippen molar-refractivity contribution in [2.75, 3.05) is 45.2 Å². The molecular formula is C18H29F3N6O. The Morgan fingerprint density at radius 3 is 2.68 bits per heavy atom. The molecule has 0 spiro atoms. The van der Waals surface area contributed by atoms with Crippen LogP contribution in [0.15, 0.2) is 17.3 Å². The SMILES string of the molecule is CCNC(=NCC1(CCOC)CCC1)NCCNc1nccc(C(F)(F)F)n1. The fourth-order valence-corrected chi connectivity index (χ4v) is 3.03. The van der Waals surface area contributed by atoms with E-state index in [-0.39, 0.29) is 11.4 Å². The molecular weight excluding hydrogens is 373 g/mol. The third-order valence-corrected chi connectivity index (χ3v) is 4.81. The van der Waals surface area contributed by atoms with Gasteiger partial charge in [0.25, 0.3) is 0 Å². The van der Waals surface area contributed by atoms with Crippen LogP contribution in [0.1, 0.15) is 38.3 Å². The van der Waals surface area contributed by atoms with Crippen molar-refractivity contribution in [2.24, 2.45) is 10.4 Å². The van der Waals surface area contributed by atoms with Gasteiger partial charge in [0, 0.05) is 46.1 Å². The molecule has 0 saturated heterocycles. The summed E-state index contributed by atoms with van der Waals surface area (Å²) in [7, 11) is 1.71. The molecule has 0 unspecified atom stereocenters. The normalized spacial score (nSPS) is 16.4. The number of halogens is 3. The highest BCUT2D eigenvalue weighted by Crippen LogP contribution is 2.44. The van der Waals surface area contributed by atoms with E-state index in [9.17, 15) is 13.2 Å². The summed E-state index contributed by atoms with van der Waals surface area (Å²) in [6.45, 7) is 5.00. The first-order valence-electron chi connectivity index (χ1n) is 9.54. The van der Waals surface area contributed by atoms with Gasteiger partial charge in [-0.3, -0.25) is 4.99 Å². The Hall–Kier alpha value is -2.10. The van der Waals surface area contributed by atoms with Crippen LogP contribution in [0.5, 0.6) is 0 Å². The van der Waals surface area contributed by atoms with Crippen LogP contribution in [0, 0.1) is 5.41 Å². The van der Waals surface area contributed by atoms with Crippen molar-refractivity contribution in [1.29, 1.82) is 0 Å². The molecule has 0 radical (unpaired) electrons. The fourth-order valence-electron chi connectivity index (χ4n) is 3.03. The summed E-state index contributed by atoms with van der Waals surface area (Å²) in [4.78, 5) is 12.0. The quantitative estimate of drug-likeness (QED) is 0.317. The van der Waals surface area contributed by atoms with Crippen LogP contribution >= 0.6 is 0 Å². The van der Waals surface area contributed by atoms with Crippen LogP contribution in [0.2, 0.25) is 0 Å². The average molecular weight is 402 g/mol. The number of alkyl halides is 3. The number of rotatable bonds is 10. The zero-order chi connectivity index (χ0) is 20.5. The predicted molar refractivity (Wildman–Crippen MR) is 102 cm³/mol. The Morgan fingerprint density at radius 2 is 2.07 bits per heavy atom. The molecule has 0 aromatic carbocycles. The average Bonchev–Trinajstić information content (AvgIpc) is 2.63. The number of guanidine groups is 1. The molecule has 1 aromatic rings. The molecule has 1 heterocycles. The van der Waals surface area contributed by atoms with E-state index in [1.54, 1.807) is 7.11 Å². The van der Waals surface area contributed by atoms with Crippen molar-refractivity contribution in [2.45, 2.75) is 38.8 Å². The lowest BCUT2D eigenvalue weighted by Crippen LogP contribution is -2.41. The third-order valence-electron chi connectivity index (χ3n) is 4.81. The highest BCUT2D eigenvalue weighted by molar-refractivity contribution is 5.79. The molecule has 0 atom stereocenters. The van der Waals surface area contributed by atoms with E-state index in [2.05, 4.69) is 30.9 Å². The van der Waals surface area contributed by atoms with E-state index in [1.807, 2.05) is 6.92 Å². The Kier molecular flexibility index (Phi) is 8.28. The first-order chi connectivity index (χ1) is 13.4. The number of nitrogens with zero attached hydrogens (tertiary/aromatic N) is 3. The molecule has 3 N–H and O–H groups in total. The summed E-state index contributed by atoms with van der Waals surface area (Å²) in [5.41, 5.74) is -0.739. The molecule has 1 aliphatic rings. The van der Waals surface area contributed by atoms with E-state index in [0.29, 0.717) is 19.0 Å². The number of ether oxygens (including phenoxy) is 1. The van der Waals surface area contributed by atoms with Gasteiger partial charge in [-0.05, 0) is 37.7 Å². The van der Waals surface area contributed by atoms with Crippen LogP contribution in [-0.2, 0) is 10.9 Å². The monoisotopic (exact) mass is 402 g/mol. The fraction of sp³-hybridized carbons (Fsp3) is 0.722. The van der Waals surface area contributed by atoms with Gasteiger partial charge in [0.15, 0.2) is 5.96 Å². The Labute approximate surface area is 163 Å². The van der Waals surface area contributed by atoms with Gasteiger partial charge < -0.3 is 20.7 Å². The summed E-state index contributed by atoms with van der Waals surface area (Å²) in [5.74, 6) is 0.643. The van der Waals surface area contributed by atoms with Gasteiger partial charge in [0.1, 0.15) is 5.69 Å². The van der Waals surface area contributed by atoms with Crippen molar-refractivity contribution in [3.05, 3.63) is 18.0 Å². The zero-order valence-electron chi connectivity index (χ0n) is 16.4. The van der Waals surface area contributed by atoms with Gasteiger partial charge in [-0.25, -0.2) is 9.97 Å². The lowest BCUT2D eigenvalue weighted by atomic mass is 9.67. The van der Waals surface area contributed by atoms with E-state index >= 15 is 0 Å². The lowest BCUT2D eigenvalue weighted by Gasteiger charge is -2.40. The maximum absolute atomic E-state index is 12.7. The Morgan fingerprint density at radius 1 is 1.29 bits per heavy atom. The summed E-state index contributed by atoms with van der Waals surface area (Å²) in [6.07, 6.45) is 1.16. The van der Waals surface area contributed by atoms with Gasteiger partial charge >= 0.3 is 6.18 Å². The predicted octanol–water partition coefficient (Wildman–Crippen LogP) is 2.67.